The molecule has 0 spiro atoms. The number of ether oxygens (including phenoxy) is 1. The second-order valence-corrected chi connectivity index (χ2v) is 7.46. The van der Waals surface area contributed by atoms with Crippen LogP contribution < -0.4 is 0 Å². The van der Waals surface area contributed by atoms with Crippen LogP contribution in [-0.2, 0) is 19.6 Å². The highest BCUT2D eigenvalue weighted by Crippen LogP contribution is 2.22. The molecule has 0 amide bonds. The first-order valence-electron chi connectivity index (χ1n) is 7.76. The minimum absolute atomic E-state index is 0.266. The van der Waals surface area contributed by atoms with Gasteiger partial charge in [-0.2, -0.15) is 9.57 Å². The summed E-state index contributed by atoms with van der Waals surface area (Å²) in [7, 11) is -3.51. The fourth-order valence-electron chi connectivity index (χ4n) is 2.46. The van der Waals surface area contributed by atoms with E-state index in [0.717, 1.165) is 5.56 Å². The first kappa shape index (κ1) is 18.2. The highest BCUT2D eigenvalue weighted by Gasteiger charge is 2.31. The predicted octanol–water partition coefficient (Wildman–Crippen LogP) is 2.15. The molecule has 0 unspecified atom stereocenters. The van der Waals surface area contributed by atoms with E-state index in [0.29, 0.717) is 12.8 Å². The van der Waals surface area contributed by atoms with Gasteiger partial charge in [-0.15, -0.1) is 0 Å². The number of benzene rings is 1. The lowest BCUT2D eigenvalue weighted by Gasteiger charge is -2.29. The number of nitriles is 1. The van der Waals surface area contributed by atoms with E-state index < -0.39 is 22.1 Å². The number of rotatable bonds is 5. The Hall–Kier alpha value is -2.17. The summed E-state index contributed by atoms with van der Waals surface area (Å²) < 4.78 is 31.0. The summed E-state index contributed by atoms with van der Waals surface area (Å²) in [4.78, 5) is 11.9. The summed E-state index contributed by atoms with van der Waals surface area (Å²) in [6.07, 6.45) is 1.57. The molecule has 1 aliphatic heterocycles. The molecule has 1 atom stereocenters. The first-order chi connectivity index (χ1) is 11.4. The van der Waals surface area contributed by atoms with Gasteiger partial charge in [-0.3, -0.25) is 4.79 Å². The molecule has 1 aromatic rings. The quantitative estimate of drug-likeness (QED) is 0.761. The summed E-state index contributed by atoms with van der Waals surface area (Å²) in [5.74, 6) is -0.786. The number of carbonyl (C=O) groups excluding carboxylic acids is 1. The van der Waals surface area contributed by atoms with Gasteiger partial charge in [0.1, 0.15) is 6.07 Å². The molecular formula is C17H20N2O4S. The molecule has 6 nitrogen and oxygen atoms in total. The molecule has 0 N–H and O–H groups in total. The summed E-state index contributed by atoms with van der Waals surface area (Å²) in [6, 6.07) is 11.0. The lowest BCUT2D eigenvalue weighted by molar-refractivity contribution is -0.152. The van der Waals surface area contributed by atoms with Gasteiger partial charge in [0.05, 0.1) is 5.92 Å². The average molecular weight is 348 g/mol. The Kier molecular flexibility index (Phi) is 6.12. The predicted molar refractivity (Wildman–Crippen MR) is 89.9 cm³/mol. The van der Waals surface area contributed by atoms with Gasteiger partial charge < -0.3 is 4.74 Å². The molecule has 0 aliphatic carbocycles. The molecule has 7 heteroatoms. The van der Waals surface area contributed by atoms with Gasteiger partial charge in [-0.1, -0.05) is 30.3 Å². The number of hydrogen-bond acceptors (Lipinski definition) is 5. The number of piperidine rings is 1. The minimum atomic E-state index is -3.51. The third kappa shape index (κ3) is 4.91. The van der Waals surface area contributed by atoms with Crippen molar-refractivity contribution in [1.82, 2.24) is 4.31 Å². The van der Waals surface area contributed by atoms with Gasteiger partial charge >= 0.3 is 5.97 Å². The zero-order valence-corrected chi connectivity index (χ0v) is 14.3. The fraction of sp³-hybridized carbons (Fsp3) is 0.412. The number of hydrogen-bond donors (Lipinski definition) is 0. The Morgan fingerprint density at radius 2 is 1.96 bits per heavy atom. The topological polar surface area (TPSA) is 87.5 Å². The van der Waals surface area contributed by atoms with Gasteiger partial charge in [-0.05, 0) is 31.4 Å². The Morgan fingerprint density at radius 1 is 1.33 bits per heavy atom. The van der Waals surface area contributed by atoms with E-state index in [1.807, 2.05) is 36.4 Å². The Balaban J connectivity index is 1.92. The van der Waals surface area contributed by atoms with Gasteiger partial charge in [0.15, 0.2) is 6.10 Å². The van der Waals surface area contributed by atoms with Crippen LogP contribution in [-0.4, -0.2) is 37.9 Å². The van der Waals surface area contributed by atoms with Crippen LogP contribution in [0.2, 0.25) is 0 Å². The third-order valence-corrected chi connectivity index (χ3v) is 5.42. The van der Waals surface area contributed by atoms with Crippen LogP contribution in [0.3, 0.4) is 0 Å². The van der Waals surface area contributed by atoms with Gasteiger partial charge in [-0.25, -0.2) is 8.42 Å². The molecule has 0 bridgehead atoms. The van der Waals surface area contributed by atoms with Crippen LogP contribution in [0.15, 0.2) is 35.7 Å². The SMILES string of the molecule is C[C@@H](C#N)OC(=O)C1CCN(S(=O)(=O)/C=C/c2ccccc2)CC1. The smallest absolute Gasteiger partial charge is 0.310 e. The zero-order chi connectivity index (χ0) is 17.6. The summed E-state index contributed by atoms with van der Waals surface area (Å²) in [5.41, 5.74) is 0.810. The first-order valence-corrected chi connectivity index (χ1v) is 9.26. The molecule has 0 aromatic heterocycles. The molecule has 0 radical (unpaired) electrons. The fourth-order valence-corrected chi connectivity index (χ4v) is 3.68. The van der Waals surface area contributed by atoms with Gasteiger partial charge in [0.2, 0.25) is 10.0 Å². The van der Waals surface area contributed by atoms with Crippen molar-refractivity contribution in [2.24, 2.45) is 5.92 Å². The molecule has 1 aliphatic rings. The lowest BCUT2D eigenvalue weighted by atomic mass is 9.98. The third-order valence-electron chi connectivity index (χ3n) is 3.85. The molecular weight excluding hydrogens is 328 g/mol. The van der Waals surface area contributed by atoms with Crippen LogP contribution in [0.1, 0.15) is 25.3 Å². The van der Waals surface area contributed by atoms with Crippen LogP contribution in [0.25, 0.3) is 6.08 Å². The zero-order valence-electron chi connectivity index (χ0n) is 13.5. The van der Waals surface area contributed by atoms with E-state index in [9.17, 15) is 13.2 Å². The van der Waals surface area contributed by atoms with Crippen molar-refractivity contribution < 1.29 is 17.9 Å². The van der Waals surface area contributed by atoms with Crippen LogP contribution in [0, 0.1) is 17.2 Å². The van der Waals surface area contributed by atoms with Crippen LogP contribution in [0.4, 0.5) is 0 Å². The maximum absolute atomic E-state index is 12.3. The van der Waals surface area contributed by atoms with E-state index in [1.165, 1.54) is 16.6 Å². The lowest BCUT2D eigenvalue weighted by Crippen LogP contribution is -2.40. The average Bonchev–Trinajstić information content (AvgIpc) is 2.61. The van der Waals surface area contributed by atoms with Crippen LogP contribution in [0.5, 0.6) is 0 Å². The summed E-state index contributed by atoms with van der Waals surface area (Å²) in [6.45, 7) is 2.04. The normalized spacial score (nSPS) is 18.2. The van der Waals surface area contributed by atoms with Crippen molar-refractivity contribution in [2.45, 2.75) is 25.9 Å². The van der Waals surface area contributed by atoms with E-state index in [2.05, 4.69) is 0 Å². The largest absolute Gasteiger partial charge is 0.447 e. The molecule has 1 fully saturated rings. The highest BCUT2D eigenvalue weighted by atomic mass is 32.2. The molecule has 1 saturated heterocycles. The molecule has 1 heterocycles. The number of esters is 1. The molecule has 0 saturated carbocycles. The molecule has 24 heavy (non-hydrogen) atoms. The maximum atomic E-state index is 12.3. The van der Waals surface area contributed by atoms with E-state index >= 15 is 0 Å². The standard InChI is InChI=1S/C17H20N2O4S/c1-14(13-18)23-17(20)16-7-10-19(11-8-16)24(21,22)12-9-15-5-3-2-4-6-15/h2-6,9,12,14,16H,7-8,10-11H2,1H3/b12-9+/t14-/m0/s1. The van der Waals surface area contributed by atoms with Gasteiger partial charge in [0, 0.05) is 18.5 Å². The molecule has 1 aromatic carbocycles. The van der Waals surface area contributed by atoms with Crippen molar-refractivity contribution in [2.75, 3.05) is 13.1 Å². The van der Waals surface area contributed by atoms with E-state index in [4.69, 9.17) is 10.00 Å². The monoisotopic (exact) mass is 348 g/mol. The number of nitrogens with zero attached hydrogens (tertiary/aromatic N) is 2. The number of carbonyl (C=O) groups is 1. The molecule has 128 valence electrons. The number of sulfonamides is 1. The molecule has 2 rings (SSSR count). The highest BCUT2D eigenvalue weighted by molar-refractivity contribution is 7.92. The second kappa shape index (κ2) is 8.08. The Morgan fingerprint density at radius 3 is 2.54 bits per heavy atom. The van der Waals surface area contributed by atoms with Crippen LogP contribution >= 0.6 is 0 Å². The van der Waals surface area contributed by atoms with Gasteiger partial charge in [0.25, 0.3) is 0 Å². The Bertz CT molecular complexity index is 730. The van der Waals surface area contributed by atoms with E-state index in [1.54, 1.807) is 6.08 Å². The summed E-state index contributed by atoms with van der Waals surface area (Å²) in [5, 5.41) is 9.85. The second-order valence-electron chi connectivity index (χ2n) is 5.64. The van der Waals surface area contributed by atoms with Crippen molar-refractivity contribution in [3.05, 3.63) is 41.3 Å². The Labute approximate surface area is 142 Å². The van der Waals surface area contributed by atoms with Crippen molar-refractivity contribution in [3.8, 4) is 6.07 Å². The maximum Gasteiger partial charge on any atom is 0.310 e. The minimum Gasteiger partial charge on any atom is -0.447 e. The van der Waals surface area contributed by atoms with Crippen molar-refractivity contribution in [1.29, 1.82) is 5.26 Å². The van der Waals surface area contributed by atoms with Crippen molar-refractivity contribution in [3.63, 3.8) is 0 Å². The summed E-state index contributed by atoms with van der Waals surface area (Å²) >= 11 is 0. The van der Waals surface area contributed by atoms with E-state index in [-0.39, 0.29) is 19.0 Å². The van der Waals surface area contributed by atoms with Crippen molar-refractivity contribution >= 4 is 22.1 Å².